The van der Waals surface area contributed by atoms with Gasteiger partial charge in [-0.1, -0.05) is 30.3 Å². The van der Waals surface area contributed by atoms with E-state index >= 15 is 0 Å². The minimum atomic E-state index is 0.0206. The molecule has 1 atom stereocenters. The molecule has 164 valence electrons. The average Bonchev–Trinajstić information content (AvgIpc) is 3.26. The Morgan fingerprint density at radius 3 is 2.77 bits per heavy atom. The van der Waals surface area contributed by atoms with Crippen LogP contribution < -0.4 is 4.90 Å². The second kappa shape index (κ2) is 9.56. The lowest BCUT2D eigenvalue weighted by Crippen LogP contribution is -2.38. The van der Waals surface area contributed by atoms with Crippen LogP contribution in [0.4, 0.5) is 5.82 Å². The molecule has 0 saturated carbocycles. The molecule has 2 aromatic rings. The van der Waals surface area contributed by atoms with E-state index in [4.69, 9.17) is 9.72 Å². The van der Waals surface area contributed by atoms with Gasteiger partial charge in [-0.05, 0) is 38.2 Å². The molecule has 1 fully saturated rings. The van der Waals surface area contributed by atoms with E-state index in [1.807, 2.05) is 25.1 Å². The van der Waals surface area contributed by atoms with Crippen molar-refractivity contribution in [1.29, 1.82) is 0 Å². The Balaban J connectivity index is 1.49. The molecule has 0 spiro atoms. The molecule has 0 radical (unpaired) electrons. The maximum atomic E-state index is 12.7. The third-order valence-electron chi connectivity index (χ3n) is 6.08. The van der Waals surface area contributed by atoms with E-state index < -0.39 is 0 Å². The lowest BCUT2D eigenvalue weighted by molar-refractivity contribution is -0.132. The standard InChI is InChI=1S/C24H30N4O3/c1-17-20-10-11-22(29)28(13-12-18-7-4-3-5-8-18)24(20)26-21(25-17)16-27(2)23(30)15-19-9-6-14-31-19/h3-5,7-8,19H,6,9-16H2,1-2H3. The summed E-state index contributed by atoms with van der Waals surface area (Å²) in [6.07, 6.45) is 4.27. The molecule has 31 heavy (non-hydrogen) atoms. The number of hydrogen-bond donors (Lipinski definition) is 0. The normalized spacial score (nSPS) is 18.2. The summed E-state index contributed by atoms with van der Waals surface area (Å²) in [6.45, 7) is 3.60. The van der Waals surface area contributed by atoms with E-state index in [-0.39, 0.29) is 17.9 Å². The van der Waals surface area contributed by atoms with E-state index in [0.717, 1.165) is 37.1 Å². The third-order valence-corrected chi connectivity index (χ3v) is 6.08. The highest BCUT2D eigenvalue weighted by Crippen LogP contribution is 2.28. The Labute approximate surface area is 183 Å². The number of fused-ring (bicyclic) bond motifs is 1. The summed E-state index contributed by atoms with van der Waals surface area (Å²) in [5.41, 5.74) is 3.11. The smallest absolute Gasteiger partial charge is 0.228 e. The van der Waals surface area contributed by atoms with Crippen LogP contribution in [0.1, 0.15) is 48.3 Å². The van der Waals surface area contributed by atoms with Crippen molar-refractivity contribution >= 4 is 17.6 Å². The summed E-state index contributed by atoms with van der Waals surface area (Å²) >= 11 is 0. The number of benzene rings is 1. The maximum Gasteiger partial charge on any atom is 0.228 e. The van der Waals surface area contributed by atoms with Crippen LogP contribution in [-0.2, 0) is 33.7 Å². The largest absolute Gasteiger partial charge is 0.378 e. The second-order valence-corrected chi connectivity index (χ2v) is 8.40. The predicted octanol–water partition coefficient (Wildman–Crippen LogP) is 2.83. The van der Waals surface area contributed by atoms with E-state index in [1.54, 1.807) is 16.8 Å². The molecule has 0 aliphatic carbocycles. The van der Waals surface area contributed by atoms with Gasteiger partial charge in [0.05, 0.1) is 19.1 Å². The van der Waals surface area contributed by atoms with Gasteiger partial charge in [-0.2, -0.15) is 0 Å². The summed E-state index contributed by atoms with van der Waals surface area (Å²) in [4.78, 5) is 38.1. The number of aryl methyl sites for hydroxylation is 1. The molecule has 1 aromatic heterocycles. The summed E-state index contributed by atoms with van der Waals surface area (Å²) in [6, 6.07) is 10.1. The number of nitrogens with zero attached hydrogens (tertiary/aromatic N) is 4. The number of ether oxygens (including phenoxy) is 1. The van der Waals surface area contributed by atoms with Crippen molar-refractivity contribution in [2.24, 2.45) is 0 Å². The third kappa shape index (κ3) is 5.10. The van der Waals surface area contributed by atoms with E-state index in [9.17, 15) is 9.59 Å². The van der Waals surface area contributed by atoms with Crippen LogP contribution >= 0.6 is 0 Å². The van der Waals surface area contributed by atoms with Crippen LogP contribution in [0.25, 0.3) is 0 Å². The molecule has 0 N–H and O–H groups in total. The highest BCUT2D eigenvalue weighted by atomic mass is 16.5. The predicted molar refractivity (Wildman–Crippen MR) is 118 cm³/mol. The number of carbonyl (C=O) groups is 2. The van der Waals surface area contributed by atoms with Crippen molar-refractivity contribution in [1.82, 2.24) is 14.9 Å². The van der Waals surface area contributed by atoms with Gasteiger partial charge in [0.2, 0.25) is 11.8 Å². The van der Waals surface area contributed by atoms with E-state index in [0.29, 0.717) is 44.0 Å². The molecule has 7 nitrogen and oxygen atoms in total. The van der Waals surface area contributed by atoms with Gasteiger partial charge < -0.3 is 9.64 Å². The van der Waals surface area contributed by atoms with Crippen molar-refractivity contribution in [3.8, 4) is 0 Å². The fourth-order valence-corrected chi connectivity index (χ4v) is 4.28. The fourth-order valence-electron chi connectivity index (χ4n) is 4.28. The molecular weight excluding hydrogens is 392 g/mol. The van der Waals surface area contributed by atoms with Crippen LogP contribution in [0.15, 0.2) is 30.3 Å². The van der Waals surface area contributed by atoms with Gasteiger partial charge in [0, 0.05) is 37.9 Å². The van der Waals surface area contributed by atoms with E-state index in [1.165, 1.54) is 5.56 Å². The van der Waals surface area contributed by atoms with Crippen molar-refractivity contribution in [2.75, 3.05) is 25.1 Å². The zero-order chi connectivity index (χ0) is 21.8. The number of hydrogen-bond acceptors (Lipinski definition) is 5. The molecule has 1 saturated heterocycles. The minimum absolute atomic E-state index is 0.0206. The molecule has 2 amide bonds. The van der Waals surface area contributed by atoms with Gasteiger partial charge in [0.25, 0.3) is 0 Å². The molecule has 3 heterocycles. The average molecular weight is 423 g/mol. The van der Waals surface area contributed by atoms with Gasteiger partial charge in [-0.3, -0.25) is 14.5 Å². The van der Waals surface area contributed by atoms with Gasteiger partial charge in [0.1, 0.15) is 11.6 Å². The Hall–Kier alpha value is -2.80. The van der Waals surface area contributed by atoms with Gasteiger partial charge in [-0.25, -0.2) is 9.97 Å². The second-order valence-electron chi connectivity index (χ2n) is 8.40. The highest BCUT2D eigenvalue weighted by molar-refractivity contribution is 5.95. The molecule has 7 heteroatoms. The lowest BCUT2D eigenvalue weighted by Gasteiger charge is -2.30. The zero-order valence-electron chi connectivity index (χ0n) is 18.3. The van der Waals surface area contributed by atoms with Gasteiger partial charge in [-0.15, -0.1) is 0 Å². The van der Waals surface area contributed by atoms with Crippen LogP contribution in [0.3, 0.4) is 0 Å². The quantitative estimate of drug-likeness (QED) is 0.686. The summed E-state index contributed by atoms with van der Waals surface area (Å²) < 4.78 is 5.58. The van der Waals surface area contributed by atoms with Crippen LogP contribution in [0, 0.1) is 6.92 Å². The first-order valence-corrected chi connectivity index (χ1v) is 11.1. The summed E-state index contributed by atoms with van der Waals surface area (Å²) in [7, 11) is 1.77. The van der Waals surface area contributed by atoms with Crippen molar-refractivity contribution < 1.29 is 14.3 Å². The lowest BCUT2D eigenvalue weighted by atomic mass is 10.0. The summed E-state index contributed by atoms with van der Waals surface area (Å²) in [5.74, 6) is 1.40. The van der Waals surface area contributed by atoms with Gasteiger partial charge >= 0.3 is 0 Å². The Kier molecular flexibility index (Phi) is 6.61. The number of carbonyl (C=O) groups excluding carboxylic acids is 2. The van der Waals surface area contributed by atoms with E-state index in [2.05, 4.69) is 17.1 Å². The topological polar surface area (TPSA) is 75.6 Å². The first-order chi connectivity index (χ1) is 15.0. The van der Waals surface area contributed by atoms with Crippen LogP contribution in [0.2, 0.25) is 0 Å². The van der Waals surface area contributed by atoms with Gasteiger partial charge in [0.15, 0.2) is 0 Å². The first kappa shape index (κ1) is 21.4. The number of anilines is 1. The molecule has 2 aliphatic heterocycles. The maximum absolute atomic E-state index is 12.7. The molecular formula is C24H30N4O3. The number of amides is 2. The SMILES string of the molecule is Cc1nc(CN(C)C(=O)CC2CCCO2)nc2c1CCC(=O)N2CCc1ccccc1. The Morgan fingerprint density at radius 1 is 1.23 bits per heavy atom. The first-order valence-electron chi connectivity index (χ1n) is 11.1. The minimum Gasteiger partial charge on any atom is -0.378 e. The molecule has 4 rings (SSSR count). The Bertz CT molecular complexity index is 941. The number of rotatable bonds is 7. The highest BCUT2D eigenvalue weighted by Gasteiger charge is 2.28. The van der Waals surface area contributed by atoms with Crippen LogP contribution in [0.5, 0.6) is 0 Å². The number of aromatic nitrogens is 2. The van der Waals surface area contributed by atoms with Crippen LogP contribution in [-0.4, -0.2) is 53.0 Å². The zero-order valence-corrected chi connectivity index (χ0v) is 18.3. The monoisotopic (exact) mass is 422 g/mol. The van der Waals surface area contributed by atoms with Crippen molar-refractivity contribution in [2.45, 2.75) is 58.1 Å². The molecule has 1 unspecified atom stereocenters. The molecule has 2 aliphatic rings. The summed E-state index contributed by atoms with van der Waals surface area (Å²) in [5, 5.41) is 0. The Morgan fingerprint density at radius 2 is 2.03 bits per heavy atom. The van der Waals surface area contributed by atoms with Crippen molar-refractivity contribution in [3.63, 3.8) is 0 Å². The fraction of sp³-hybridized carbons (Fsp3) is 0.500. The molecule has 1 aromatic carbocycles. The molecule has 0 bridgehead atoms. The van der Waals surface area contributed by atoms with Crippen molar-refractivity contribution in [3.05, 3.63) is 53.0 Å².